The second kappa shape index (κ2) is 4.23. The number of hydrogen-bond acceptors (Lipinski definition) is 3. The molecule has 0 amide bonds. The summed E-state index contributed by atoms with van der Waals surface area (Å²) < 4.78 is 10.3. The molecule has 0 spiro atoms. The van der Waals surface area contributed by atoms with Gasteiger partial charge in [0.25, 0.3) is 0 Å². The first kappa shape index (κ1) is 9.99. The quantitative estimate of drug-likeness (QED) is 0.620. The van der Waals surface area contributed by atoms with Gasteiger partial charge >= 0.3 is 0 Å². The second-order valence-corrected chi connectivity index (χ2v) is 3.06. The van der Waals surface area contributed by atoms with Crippen molar-refractivity contribution >= 4 is 6.29 Å². The molecule has 0 fully saturated rings. The van der Waals surface area contributed by atoms with Crippen LogP contribution in [-0.4, -0.2) is 26.6 Å². The summed E-state index contributed by atoms with van der Waals surface area (Å²) in [5.74, 6) is 0.616. The van der Waals surface area contributed by atoms with Crippen molar-refractivity contribution in [2.45, 2.75) is 19.4 Å². The third kappa shape index (κ3) is 1.98. The van der Waals surface area contributed by atoms with E-state index in [0.29, 0.717) is 11.3 Å². The molecule has 72 valence electrons. The van der Waals surface area contributed by atoms with Crippen LogP contribution in [0.3, 0.4) is 0 Å². The van der Waals surface area contributed by atoms with Gasteiger partial charge in [-0.1, -0.05) is 5.57 Å². The molecule has 0 N–H and O–H groups in total. The molecule has 0 aliphatic heterocycles. The van der Waals surface area contributed by atoms with Crippen LogP contribution in [0.25, 0.3) is 0 Å². The van der Waals surface area contributed by atoms with Crippen LogP contribution >= 0.6 is 0 Å². The zero-order valence-corrected chi connectivity index (χ0v) is 8.16. The minimum Gasteiger partial charge on any atom is -0.496 e. The minimum atomic E-state index is -0.155. The van der Waals surface area contributed by atoms with Crippen molar-refractivity contribution in [2.24, 2.45) is 0 Å². The van der Waals surface area contributed by atoms with E-state index in [0.717, 1.165) is 18.3 Å². The third-order valence-corrected chi connectivity index (χ3v) is 2.15. The van der Waals surface area contributed by atoms with Gasteiger partial charge in [-0.05, 0) is 19.4 Å². The third-order valence-electron chi connectivity index (χ3n) is 2.15. The number of aldehydes is 1. The molecule has 0 aromatic heterocycles. The zero-order valence-electron chi connectivity index (χ0n) is 8.16. The Labute approximate surface area is 78.0 Å². The van der Waals surface area contributed by atoms with Crippen molar-refractivity contribution in [3.8, 4) is 0 Å². The zero-order chi connectivity index (χ0) is 9.84. The van der Waals surface area contributed by atoms with E-state index < -0.39 is 0 Å². The summed E-state index contributed by atoms with van der Waals surface area (Å²) in [6, 6.07) is 0. The van der Waals surface area contributed by atoms with Crippen molar-refractivity contribution in [1.29, 1.82) is 0 Å². The Bertz CT molecular complexity index is 263. The highest BCUT2D eigenvalue weighted by molar-refractivity contribution is 5.77. The molecule has 3 heteroatoms. The Kier molecular flexibility index (Phi) is 3.25. The molecule has 1 aliphatic rings. The molecule has 1 aliphatic carbocycles. The number of rotatable bonds is 3. The van der Waals surface area contributed by atoms with E-state index in [-0.39, 0.29) is 6.10 Å². The number of carbonyl (C=O) groups excluding carboxylic acids is 1. The molecule has 0 aromatic carbocycles. The van der Waals surface area contributed by atoms with E-state index in [1.807, 2.05) is 13.0 Å². The minimum absolute atomic E-state index is 0.155. The molecule has 3 nitrogen and oxygen atoms in total. The molecule has 0 heterocycles. The molecule has 0 saturated heterocycles. The molecule has 1 atom stereocenters. The van der Waals surface area contributed by atoms with E-state index in [9.17, 15) is 4.79 Å². The SMILES string of the molecule is COC1=C(C=O)C(OC)CC(C)=C1. The summed E-state index contributed by atoms with van der Waals surface area (Å²) in [5.41, 5.74) is 1.75. The van der Waals surface area contributed by atoms with Crippen molar-refractivity contribution in [1.82, 2.24) is 0 Å². The van der Waals surface area contributed by atoms with Crippen LogP contribution in [0.5, 0.6) is 0 Å². The monoisotopic (exact) mass is 182 g/mol. The number of ether oxygens (including phenoxy) is 2. The Morgan fingerprint density at radius 1 is 1.54 bits per heavy atom. The molecule has 1 rings (SSSR count). The molecule has 0 radical (unpaired) electrons. The topological polar surface area (TPSA) is 35.5 Å². The lowest BCUT2D eigenvalue weighted by molar-refractivity contribution is -0.106. The maximum atomic E-state index is 10.8. The van der Waals surface area contributed by atoms with E-state index in [1.165, 1.54) is 0 Å². The van der Waals surface area contributed by atoms with E-state index in [1.54, 1.807) is 14.2 Å². The Hall–Kier alpha value is -1.09. The highest BCUT2D eigenvalue weighted by atomic mass is 16.5. The number of methoxy groups -OCH3 is 2. The first-order chi connectivity index (χ1) is 6.22. The summed E-state index contributed by atoms with van der Waals surface area (Å²) in [4.78, 5) is 10.8. The fourth-order valence-corrected chi connectivity index (χ4v) is 1.45. The largest absolute Gasteiger partial charge is 0.496 e. The molecular weight excluding hydrogens is 168 g/mol. The van der Waals surface area contributed by atoms with Gasteiger partial charge in [0, 0.05) is 7.11 Å². The molecular formula is C10H14O3. The van der Waals surface area contributed by atoms with E-state index in [4.69, 9.17) is 9.47 Å². The van der Waals surface area contributed by atoms with Crippen molar-refractivity contribution < 1.29 is 14.3 Å². The van der Waals surface area contributed by atoms with E-state index in [2.05, 4.69) is 0 Å². The van der Waals surface area contributed by atoms with Gasteiger partial charge in [0.05, 0.1) is 18.8 Å². The first-order valence-electron chi connectivity index (χ1n) is 4.16. The van der Waals surface area contributed by atoms with Crippen LogP contribution in [0.4, 0.5) is 0 Å². The highest BCUT2D eigenvalue weighted by Gasteiger charge is 2.22. The van der Waals surface area contributed by atoms with Gasteiger partial charge in [-0.2, -0.15) is 0 Å². The molecule has 0 saturated carbocycles. The summed E-state index contributed by atoms with van der Waals surface area (Å²) in [5, 5.41) is 0. The maximum Gasteiger partial charge on any atom is 0.152 e. The predicted octanol–water partition coefficient (Wildman–Crippen LogP) is 1.45. The van der Waals surface area contributed by atoms with Gasteiger partial charge in [0.2, 0.25) is 0 Å². The van der Waals surface area contributed by atoms with Crippen LogP contribution in [0.15, 0.2) is 23.0 Å². The Morgan fingerprint density at radius 3 is 2.69 bits per heavy atom. The number of carbonyl (C=O) groups is 1. The summed E-state index contributed by atoms with van der Waals surface area (Å²) in [7, 11) is 3.15. The molecule has 0 aromatic rings. The lowest BCUT2D eigenvalue weighted by Gasteiger charge is -2.22. The smallest absolute Gasteiger partial charge is 0.152 e. The number of allylic oxidation sites excluding steroid dienone is 1. The molecule has 0 bridgehead atoms. The predicted molar refractivity (Wildman–Crippen MR) is 49.3 cm³/mol. The van der Waals surface area contributed by atoms with Crippen LogP contribution < -0.4 is 0 Å². The standard InChI is InChI=1S/C10H14O3/c1-7-4-9(12-2)8(6-11)10(5-7)13-3/h4,6,10H,5H2,1-3H3. The van der Waals surface area contributed by atoms with Gasteiger partial charge in [-0.25, -0.2) is 0 Å². The normalized spacial score (nSPS) is 22.7. The van der Waals surface area contributed by atoms with Gasteiger partial charge < -0.3 is 9.47 Å². The average Bonchev–Trinajstić information content (AvgIpc) is 2.16. The van der Waals surface area contributed by atoms with Gasteiger partial charge in [0.1, 0.15) is 5.76 Å². The van der Waals surface area contributed by atoms with Crippen LogP contribution in [0, 0.1) is 0 Å². The molecule has 1 unspecified atom stereocenters. The summed E-state index contributed by atoms with van der Waals surface area (Å²) in [6.07, 6.45) is 3.28. The van der Waals surface area contributed by atoms with Crippen LogP contribution in [-0.2, 0) is 14.3 Å². The molecule has 13 heavy (non-hydrogen) atoms. The van der Waals surface area contributed by atoms with Gasteiger partial charge in [-0.3, -0.25) is 4.79 Å². The Morgan fingerprint density at radius 2 is 2.23 bits per heavy atom. The van der Waals surface area contributed by atoms with E-state index >= 15 is 0 Å². The van der Waals surface area contributed by atoms with Gasteiger partial charge in [0.15, 0.2) is 6.29 Å². The fourth-order valence-electron chi connectivity index (χ4n) is 1.45. The average molecular weight is 182 g/mol. The second-order valence-electron chi connectivity index (χ2n) is 3.06. The van der Waals surface area contributed by atoms with Crippen molar-refractivity contribution in [3.63, 3.8) is 0 Å². The highest BCUT2D eigenvalue weighted by Crippen LogP contribution is 2.25. The number of hydrogen-bond donors (Lipinski definition) is 0. The van der Waals surface area contributed by atoms with Crippen LogP contribution in [0.1, 0.15) is 13.3 Å². The maximum absolute atomic E-state index is 10.8. The van der Waals surface area contributed by atoms with Gasteiger partial charge in [-0.15, -0.1) is 0 Å². The lowest BCUT2D eigenvalue weighted by Crippen LogP contribution is -2.20. The van der Waals surface area contributed by atoms with Crippen molar-refractivity contribution in [2.75, 3.05) is 14.2 Å². The van der Waals surface area contributed by atoms with Crippen LogP contribution in [0.2, 0.25) is 0 Å². The van der Waals surface area contributed by atoms with Crippen molar-refractivity contribution in [3.05, 3.63) is 23.0 Å². The fraction of sp³-hybridized carbons (Fsp3) is 0.500. The summed E-state index contributed by atoms with van der Waals surface area (Å²) >= 11 is 0. The summed E-state index contributed by atoms with van der Waals surface area (Å²) in [6.45, 7) is 1.99. The lowest BCUT2D eigenvalue weighted by atomic mass is 9.96. The Balaban J connectivity index is 3.03. The first-order valence-corrected chi connectivity index (χ1v) is 4.16.